The number of halogens is 1. The van der Waals surface area contributed by atoms with Crippen LogP contribution in [0.2, 0.25) is 0 Å². The minimum Gasteiger partial charge on any atom is -0.443 e. The van der Waals surface area contributed by atoms with Crippen LogP contribution in [0.15, 0.2) is 0 Å². The van der Waals surface area contributed by atoms with Gasteiger partial charge in [0.25, 0.3) is 0 Å². The van der Waals surface area contributed by atoms with Crippen molar-refractivity contribution in [2.45, 2.75) is 32.8 Å². The van der Waals surface area contributed by atoms with E-state index in [9.17, 15) is 13.2 Å². The molecule has 0 aliphatic carbocycles. The largest absolute Gasteiger partial charge is 0.443 e. The van der Waals surface area contributed by atoms with E-state index < -0.39 is 21.7 Å². The molecule has 0 radical (unpaired) electrons. The molecule has 0 atom stereocenters. The molecule has 0 saturated carbocycles. The number of rotatable bonds is 5. The van der Waals surface area contributed by atoms with E-state index in [4.69, 9.17) is 16.3 Å². The van der Waals surface area contributed by atoms with Gasteiger partial charge in [0.15, 0.2) is 0 Å². The van der Waals surface area contributed by atoms with E-state index in [1.54, 1.807) is 20.8 Å². The van der Waals surface area contributed by atoms with E-state index >= 15 is 0 Å². The Morgan fingerprint density at radius 2 is 1.94 bits per heavy atom. The molecule has 0 heterocycles. The molecular weight excluding hydrogens is 256 g/mol. The molecule has 2 N–H and O–H groups in total. The summed E-state index contributed by atoms with van der Waals surface area (Å²) in [5, 5.41) is 0. The fourth-order valence-corrected chi connectivity index (χ4v) is 1.88. The number of carbonyl (C=O) groups excluding carboxylic acids is 1. The Labute approximate surface area is 101 Å². The summed E-state index contributed by atoms with van der Waals surface area (Å²) < 4.78 is 27.3. The van der Waals surface area contributed by atoms with Gasteiger partial charge in [0, 0.05) is 5.88 Å². The van der Waals surface area contributed by atoms with E-state index in [0.29, 0.717) is 6.42 Å². The smallest absolute Gasteiger partial charge is 0.422 e. The second-order valence-electron chi connectivity index (χ2n) is 4.09. The van der Waals surface area contributed by atoms with Crippen molar-refractivity contribution in [1.29, 1.82) is 0 Å². The zero-order valence-electron chi connectivity index (χ0n) is 9.54. The fraction of sp³-hybridized carbons (Fsp3) is 0.875. The number of ether oxygens (including phenoxy) is 1. The van der Waals surface area contributed by atoms with Crippen LogP contribution in [0.25, 0.3) is 0 Å². The topological polar surface area (TPSA) is 84.5 Å². The number of hydrogen-bond acceptors (Lipinski definition) is 4. The molecule has 16 heavy (non-hydrogen) atoms. The monoisotopic (exact) mass is 272 g/mol. The Kier molecular flexibility index (Phi) is 6.06. The molecule has 0 spiro atoms. The molecule has 96 valence electrons. The van der Waals surface area contributed by atoms with Gasteiger partial charge < -0.3 is 4.74 Å². The van der Waals surface area contributed by atoms with Crippen molar-refractivity contribution < 1.29 is 17.9 Å². The zero-order valence-corrected chi connectivity index (χ0v) is 11.1. The van der Waals surface area contributed by atoms with Crippen molar-refractivity contribution in [3.05, 3.63) is 0 Å². The van der Waals surface area contributed by atoms with Gasteiger partial charge in [0.1, 0.15) is 5.60 Å². The van der Waals surface area contributed by atoms with Gasteiger partial charge in [-0.15, -0.1) is 16.4 Å². The number of sulfonamides is 1. The van der Waals surface area contributed by atoms with E-state index in [2.05, 4.69) is 0 Å². The van der Waals surface area contributed by atoms with Crippen molar-refractivity contribution in [2.75, 3.05) is 11.6 Å². The van der Waals surface area contributed by atoms with Crippen molar-refractivity contribution in [3.8, 4) is 0 Å². The van der Waals surface area contributed by atoms with E-state index in [1.807, 2.05) is 10.3 Å². The molecule has 6 nitrogen and oxygen atoms in total. The minimum atomic E-state index is -3.54. The van der Waals surface area contributed by atoms with Crippen LogP contribution in [-0.4, -0.2) is 31.7 Å². The molecule has 0 aromatic carbocycles. The van der Waals surface area contributed by atoms with Crippen molar-refractivity contribution in [1.82, 2.24) is 10.3 Å². The summed E-state index contributed by atoms with van der Waals surface area (Å²) in [5.74, 6) is 0.0969. The Hall–Kier alpha value is -0.530. The van der Waals surface area contributed by atoms with Crippen LogP contribution in [-0.2, 0) is 14.8 Å². The number of alkyl halides is 1. The van der Waals surface area contributed by atoms with Gasteiger partial charge in [-0.05, 0) is 27.2 Å². The van der Waals surface area contributed by atoms with Crippen LogP contribution >= 0.6 is 11.6 Å². The van der Waals surface area contributed by atoms with E-state index in [0.717, 1.165) is 0 Å². The summed E-state index contributed by atoms with van der Waals surface area (Å²) in [6.45, 7) is 5.03. The first-order chi connectivity index (χ1) is 7.16. The van der Waals surface area contributed by atoms with Gasteiger partial charge >= 0.3 is 6.09 Å². The maximum Gasteiger partial charge on any atom is 0.422 e. The SMILES string of the molecule is CC(C)(C)OC(=O)NNS(=O)(=O)CCCCl. The Bertz CT molecular complexity index is 323. The number of hydrogen-bond donors (Lipinski definition) is 2. The predicted octanol–water partition coefficient (Wildman–Crippen LogP) is 0.974. The molecule has 1 amide bonds. The highest BCUT2D eigenvalue weighted by Crippen LogP contribution is 2.05. The quantitative estimate of drug-likeness (QED) is 0.577. The summed E-state index contributed by atoms with van der Waals surface area (Å²) in [4.78, 5) is 13.0. The average Bonchev–Trinajstić information content (AvgIpc) is 2.09. The van der Waals surface area contributed by atoms with Crippen LogP contribution in [0, 0.1) is 0 Å². The average molecular weight is 273 g/mol. The van der Waals surface area contributed by atoms with Gasteiger partial charge in [-0.2, -0.15) is 0 Å². The van der Waals surface area contributed by atoms with Crippen LogP contribution in [0.3, 0.4) is 0 Å². The first-order valence-corrected chi connectivity index (χ1v) is 6.89. The lowest BCUT2D eigenvalue weighted by Gasteiger charge is -2.19. The third kappa shape index (κ3) is 8.75. The second kappa shape index (κ2) is 6.27. The van der Waals surface area contributed by atoms with Gasteiger partial charge in [-0.25, -0.2) is 18.6 Å². The lowest BCUT2D eigenvalue weighted by molar-refractivity contribution is 0.0515. The molecule has 0 aromatic rings. The van der Waals surface area contributed by atoms with Crippen LogP contribution in [0.1, 0.15) is 27.2 Å². The van der Waals surface area contributed by atoms with E-state index in [-0.39, 0.29) is 11.6 Å². The standard InChI is InChI=1S/C8H17ClN2O4S/c1-8(2,3)15-7(12)10-11-16(13,14)6-4-5-9/h11H,4-6H2,1-3H3,(H,10,12). The lowest BCUT2D eigenvalue weighted by atomic mass is 10.2. The van der Waals surface area contributed by atoms with Crippen molar-refractivity contribution in [2.24, 2.45) is 0 Å². The number of amides is 1. The molecule has 0 saturated heterocycles. The summed E-state index contributed by atoms with van der Waals surface area (Å²) >= 11 is 5.35. The lowest BCUT2D eigenvalue weighted by Crippen LogP contribution is -2.45. The number of hydrazine groups is 1. The summed E-state index contributed by atoms with van der Waals surface area (Å²) in [5.41, 5.74) is 1.27. The number of nitrogens with one attached hydrogen (secondary N) is 2. The van der Waals surface area contributed by atoms with Gasteiger partial charge in [-0.3, -0.25) is 0 Å². The normalized spacial score (nSPS) is 12.2. The van der Waals surface area contributed by atoms with Crippen LogP contribution < -0.4 is 10.3 Å². The molecule has 0 aliphatic rings. The third-order valence-corrected chi connectivity index (χ3v) is 2.76. The zero-order chi connectivity index (χ0) is 12.8. The molecule has 0 bridgehead atoms. The van der Waals surface area contributed by atoms with Crippen molar-refractivity contribution in [3.63, 3.8) is 0 Å². The van der Waals surface area contributed by atoms with Gasteiger partial charge in [0.05, 0.1) is 5.75 Å². The van der Waals surface area contributed by atoms with Crippen LogP contribution in [0.5, 0.6) is 0 Å². The Morgan fingerprint density at radius 1 is 1.38 bits per heavy atom. The molecule has 0 rings (SSSR count). The van der Waals surface area contributed by atoms with Gasteiger partial charge in [-0.1, -0.05) is 0 Å². The second-order valence-corrected chi connectivity index (χ2v) is 6.31. The molecule has 0 fully saturated rings. The summed E-state index contributed by atoms with van der Waals surface area (Å²) in [6, 6.07) is 0. The van der Waals surface area contributed by atoms with Crippen LogP contribution in [0.4, 0.5) is 4.79 Å². The highest BCUT2D eigenvalue weighted by atomic mass is 35.5. The highest BCUT2D eigenvalue weighted by molar-refractivity contribution is 7.89. The maximum absolute atomic E-state index is 11.2. The van der Waals surface area contributed by atoms with Crippen molar-refractivity contribution >= 4 is 27.7 Å². The maximum atomic E-state index is 11.2. The first-order valence-electron chi connectivity index (χ1n) is 4.71. The predicted molar refractivity (Wildman–Crippen MR) is 61.6 cm³/mol. The minimum absolute atomic E-state index is 0.147. The molecule has 0 aliphatic heterocycles. The number of carbonyl (C=O) groups is 1. The fourth-order valence-electron chi connectivity index (χ4n) is 0.719. The Balaban J connectivity index is 4.01. The summed E-state index contributed by atoms with van der Waals surface area (Å²) in [6.07, 6.45) is -0.533. The third-order valence-electron chi connectivity index (χ3n) is 1.25. The molecule has 0 unspecified atom stereocenters. The molecule has 0 aromatic heterocycles. The summed E-state index contributed by atoms with van der Waals surface area (Å²) in [7, 11) is -3.54. The van der Waals surface area contributed by atoms with E-state index in [1.165, 1.54) is 0 Å². The molecular formula is C8H17ClN2O4S. The highest BCUT2D eigenvalue weighted by Gasteiger charge is 2.17. The molecule has 8 heteroatoms. The first kappa shape index (κ1) is 15.5. The Morgan fingerprint density at radius 3 is 2.38 bits per heavy atom. The van der Waals surface area contributed by atoms with Gasteiger partial charge in [0.2, 0.25) is 10.0 Å².